The van der Waals surface area contributed by atoms with Crippen LogP contribution < -0.4 is 9.62 Å². The summed E-state index contributed by atoms with van der Waals surface area (Å²) in [6.45, 7) is 6.00. The third-order valence-corrected chi connectivity index (χ3v) is 7.40. The van der Waals surface area contributed by atoms with Crippen molar-refractivity contribution >= 4 is 27.7 Å². The molecule has 0 bridgehead atoms. The van der Waals surface area contributed by atoms with E-state index in [2.05, 4.69) is 24.5 Å². The van der Waals surface area contributed by atoms with Crippen LogP contribution in [0, 0.1) is 5.41 Å². The molecule has 0 saturated carbocycles. The van der Waals surface area contributed by atoms with Gasteiger partial charge in [0, 0.05) is 68.5 Å². The molecule has 168 valence electrons. The molecular weight excluding hydrogens is 422 g/mol. The summed E-state index contributed by atoms with van der Waals surface area (Å²) in [5.74, 6) is 1.72. The molecule has 2 fully saturated rings. The van der Waals surface area contributed by atoms with Gasteiger partial charge in [-0.1, -0.05) is 0 Å². The van der Waals surface area contributed by atoms with E-state index in [9.17, 15) is 4.21 Å². The van der Waals surface area contributed by atoms with E-state index >= 15 is 0 Å². The number of nitrogens with one attached hydrogen (secondary N) is 1. The van der Waals surface area contributed by atoms with E-state index in [-0.39, 0.29) is 0 Å². The second-order valence-electron chi connectivity index (χ2n) is 8.86. The molecule has 8 nitrogen and oxygen atoms in total. The first-order valence-electron chi connectivity index (χ1n) is 11.2. The minimum Gasteiger partial charge on any atom is -0.356 e. The molecule has 3 aromatic rings. The van der Waals surface area contributed by atoms with E-state index in [0.29, 0.717) is 5.41 Å². The second-order valence-corrected chi connectivity index (χ2v) is 10.1. The lowest BCUT2D eigenvalue weighted by Gasteiger charge is -2.40. The van der Waals surface area contributed by atoms with Crippen molar-refractivity contribution in [3.8, 4) is 11.4 Å². The molecule has 0 aromatic carbocycles. The van der Waals surface area contributed by atoms with Crippen LogP contribution in [0.1, 0.15) is 19.3 Å². The van der Waals surface area contributed by atoms with E-state index in [1.54, 1.807) is 18.6 Å². The SMILES string of the molecule is CS(=O)NCCN1CCC2(CCN(c3nc(-c4ccncc4)nc4cnccc34)CC2)C1. The van der Waals surface area contributed by atoms with Crippen LogP contribution in [-0.4, -0.2) is 74.6 Å². The Kier molecular flexibility index (Phi) is 6.12. The molecule has 0 aliphatic carbocycles. The van der Waals surface area contributed by atoms with Gasteiger partial charge in [-0.3, -0.25) is 9.97 Å². The van der Waals surface area contributed by atoms with Crippen LogP contribution in [0.3, 0.4) is 0 Å². The zero-order valence-electron chi connectivity index (χ0n) is 18.4. The van der Waals surface area contributed by atoms with Crippen LogP contribution in [0.5, 0.6) is 0 Å². The number of aromatic nitrogens is 4. The van der Waals surface area contributed by atoms with Crippen molar-refractivity contribution < 1.29 is 4.21 Å². The zero-order valence-corrected chi connectivity index (χ0v) is 19.2. The lowest BCUT2D eigenvalue weighted by Crippen LogP contribution is -2.42. The standard InChI is InChI=1S/C23H29N7OS/c1-32(31)26-11-15-29-12-5-23(17-29)6-13-30(14-7-23)22-19-4-10-25-16-20(19)27-21(28-22)18-2-8-24-9-3-18/h2-4,8-10,16,26H,5-7,11-15,17H2,1H3. The van der Waals surface area contributed by atoms with Gasteiger partial charge < -0.3 is 9.80 Å². The van der Waals surface area contributed by atoms with Crippen molar-refractivity contribution in [2.75, 3.05) is 50.4 Å². The lowest BCUT2D eigenvalue weighted by atomic mass is 9.78. The fraction of sp³-hybridized carbons (Fsp3) is 0.478. The lowest BCUT2D eigenvalue weighted by molar-refractivity contribution is 0.210. The number of nitrogens with zero attached hydrogens (tertiary/aromatic N) is 6. The number of anilines is 1. The first-order chi connectivity index (χ1) is 15.6. The smallest absolute Gasteiger partial charge is 0.162 e. The summed E-state index contributed by atoms with van der Waals surface area (Å²) in [6.07, 6.45) is 12.4. The van der Waals surface area contributed by atoms with E-state index < -0.39 is 11.0 Å². The van der Waals surface area contributed by atoms with Crippen LogP contribution >= 0.6 is 0 Å². The van der Waals surface area contributed by atoms with Gasteiger partial charge in [0.15, 0.2) is 5.82 Å². The fourth-order valence-electron chi connectivity index (χ4n) is 5.00. The summed E-state index contributed by atoms with van der Waals surface area (Å²) >= 11 is 0. The van der Waals surface area contributed by atoms with Crippen LogP contribution in [0.25, 0.3) is 22.3 Å². The van der Waals surface area contributed by atoms with Gasteiger partial charge in [-0.2, -0.15) is 0 Å². The van der Waals surface area contributed by atoms with Crippen LogP contribution in [0.2, 0.25) is 0 Å². The third kappa shape index (κ3) is 4.51. The Labute approximate surface area is 191 Å². The molecule has 5 heterocycles. The topological polar surface area (TPSA) is 87.1 Å². The molecule has 2 saturated heterocycles. The maximum absolute atomic E-state index is 11.2. The Hall–Kier alpha value is -2.49. The van der Waals surface area contributed by atoms with Gasteiger partial charge in [0.1, 0.15) is 5.82 Å². The highest BCUT2D eigenvalue weighted by atomic mass is 32.2. The van der Waals surface area contributed by atoms with Gasteiger partial charge in [-0.15, -0.1) is 0 Å². The summed E-state index contributed by atoms with van der Waals surface area (Å²) < 4.78 is 14.3. The molecule has 2 aliphatic rings. The number of fused-ring (bicyclic) bond motifs is 1. The molecule has 1 unspecified atom stereocenters. The number of rotatable bonds is 6. The van der Waals surface area contributed by atoms with Gasteiger partial charge in [0.25, 0.3) is 0 Å². The summed E-state index contributed by atoms with van der Waals surface area (Å²) in [5, 5.41) is 1.06. The maximum atomic E-state index is 11.2. The maximum Gasteiger partial charge on any atom is 0.162 e. The van der Waals surface area contributed by atoms with Gasteiger partial charge in [0.05, 0.1) is 22.7 Å². The first kappa shape index (κ1) is 21.4. The molecule has 5 rings (SSSR count). The zero-order chi connectivity index (χ0) is 22.0. The van der Waals surface area contributed by atoms with E-state index in [4.69, 9.17) is 9.97 Å². The number of piperidine rings is 1. The highest BCUT2D eigenvalue weighted by Crippen LogP contribution is 2.41. The molecule has 0 radical (unpaired) electrons. The van der Waals surface area contributed by atoms with Gasteiger partial charge in [-0.05, 0) is 49.4 Å². The largest absolute Gasteiger partial charge is 0.356 e. The van der Waals surface area contributed by atoms with Crippen molar-refractivity contribution in [3.63, 3.8) is 0 Å². The number of hydrogen-bond acceptors (Lipinski definition) is 7. The van der Waals surface area contributed by atoms with Gasteiger partial charge in [-0.25, -0.2) is 18.9 Å². The minimum atomic E-state index is -0.936. The second kappa shape index (κ2) is 9.17. The minimum absolute atomic E-state index is 0.389. The van der Waals surface area contributed by atoms with Gasteiger partial charge in [0.2, 0.25) is 0 Å². The number of pyridine rings is 2. The molecule has 32 heavy (non-hydrogen) atoms. The molecule has 1 spiro atoms. The first-order valence-corrected chi connectivity index (χ1v) is 12.7. The average Bonchev–Trinajstić information content (AvgIpc) is 3.21. The number of likely N-dealkylation sites (tertiary alicyclic amines) is 1. The predicted octanol–water partition coefficient (Wildman–Crippen LogP) is 2.26. The van der Waals surface area contributed by atoms with Crippen molar-refractivity contribution in [1.82, 2.24) is 29.6 Å². The number of hydrogen-bond donors (Lipinski definition) is 1. The average molecular weight is 452 g/mol. The Morgan fingerprint density at radius 3 is 2.56 bits per heavy atom. The van der Waals surface area contributed by atoms with Crippen LogP contribution in [-0.2, 0) is 11.0 Å². The van der Waals surface area contributed by atoms with Crippen LogP contribution in [0.15, 0.2) is 43.0 Å². The third-order valence-electron chi connectivity index (χ3n) is 6.79. The normalized spacial score (nSPS) is 19.6. The molecular formula is C23H29N7OS. The Balaban J connectivity index is 1.33. The van der Waals surface area contributed by atoms with Crippen molar-refractivity contribution in [2.24, 2.45) is 5.41 Å². The molecule has 2 aliphatic heterocycles. The Morgan fingerprint density at radius 1 is 1.03 bits per heavy atom. The molecule has 1 atom stereocenters. The van der Waals surface area contributed by atoms with E-state index in [1.165, 1.54) is 6.42 Å². The van der Waals surface area contributed by atoms with E-state index in [0.717, 1.165) is 80.2 Å². The summed E-state index contributed by atoms with van der Waals surface area (Å²) in [7, 11) is -0.936. The monoisotopic (exact) mass is 451 g/mol. The molecule has 1 N–H and O–H groups in total. The Bertz CT molecular complexity index is 1100. The van der Waals surface area contributed by atoms with Crippen molar-refractivity contribution in [3.05, 3.63) is 43.0 Å². The Morgan fingerprint density at radius 2 is 1.78 bits per heavy atom. The highest BCUT2D eigenvalue weighted by Gasteiger charge is 2.40. The molecule has 9 heteroatoms. The van der Waals surface area contributed by atoms with Crippen molar-refractivity contribution in [1.29, 1.82) is 0 Å². The predicted molar refractivity (Wildman–Crippen MR) is 128 cm³/mol. The van der Waals surface area contributed by atoms with Gasteiger partial charge >= 0.3 is 0 Å². The van der Waals surface area contributed by atoms with E-state index in [1.807, 2.05) is 30.6 Å². The fourth-order valence-corrected chi connectivity index (χ4v) is 5.38. The highest BCUT2D eigenvalue weighted by molar-refractivity contribution is 7.82. The quantitative estimate of drug-likeness (QED) is 0.615. The molecule has 0 amide bonds. The summed E-state index contributed by atoms with van der Waals surface area (Å²) in [6, 6.07) is 5.92. The summed E-state index contributed by atoms with van der Waals surface area (Å²) in [4.78, 5) is 23.1. The summed E-state index contributed by atoms with van der Waals surface area (Å²) in [5.41, 5.74) is 2.23. The van der Waals surface area contributed by atoms with Crippen LogP contribution in [0.4, 0.5) is 5.82 Å². The molecule has 3 aromatic heterocycles. The van der Waals surface area contributed by atoms with Crippen molar-refractivity contribution in [2.45, 2.75) is 19.3 Å².